The van der Waals surface area contributed by atoms with Gasteiger partial charge in [-0.25, -0.2) is 9.49 Å². The van der Waals surface area contributed by atoms with Gasteiger partial charge in [-0.3, -0.25) is 4.79 Å². The van der Waals surface area contributed by atoms with Crippen LogP contribution < -0.4 is 10.3 Å². The van der Waals surface area contributed by atoms with Crippen molar-refractivity contribution in [2.24, 2.45) is 0 Å². The van der Waals surface area contributed by atoms with Crippen molar-refractivity contribution in [3.63, 3.8) is 0 Å². The molecule has 0 spiro atoms. The Morgan fingerprint density at radius 2 is 2.00 bits per heavy atom. The minimum Gasteiger partial charge on any atom is -0.456 e. The van der Waals surface area contributed by atoms with E-state index in [1.807, 2.05) is 6.07 Å². The molecule has 3 rings (SSSR count). The fourth-order valence-corrected chi connectivity index (χ4v) is 2.23. The predicted molar refractivity (Wildman–Crippen MR) is 85.6 cm³/mol. The largest absolute Gasteiger partial charge is 0.456 e. The van der Waals surface area contributed by atoms with E-state index < -0.39 is 0 Å². The molecular formula is C17H12ClFN2O2. The van der Waals surface area contributed by atoms with Gasteiger partial charge in [-0.05, 0) is 35.9 Å². The van der Waals surface area contributed by atoms with E-state index in [1.165, 1.54) is 18.2 Å². The first-order valence-electron chi connectivity index (χ1n) is 6.86. The lowest BCUT2D eigenvalue weighted by molar-refractivity contribution is 0.476. The maximum absolute atomic E-state index is 13.2. The fraction of sp³-hybridized carbons (Fsp3) is 0.0588. The van der Waals surface area contributed by atoms with Crippen molar-refractivity contribution in [3.8, 4) is 11.5 Å². The molecule has 0 fully saturated rings. The van der Waals surface area contributed by atoms with Crippen molar-refractivity contribution < 1.29 is 9.13 Å². The monoisotopic (exact) mass is 330 g/mol. The van der Waals surface area contributed by atoms with Crippen LogP contribution in [0.4, 0.5) is 4.39 Å². The van der Waals surface area contributed by atoms with Gasteiger partial charge in [0.25, 0.3) is 5.56 Å². The quantitative estimate of drug-likeness (QED) is 0.788. The molecule has 3 aromatic rings. The number of nitrogens with zero attached hydrogens (tertiary/aromatic N) is 1. The third kappa shape index (κ3) is 3.96. The summed E-state index contributed by atoms with van der Waals surface area (Å²) in [5, 5.41) is 6.77. The Morgan fingerprint density at radius 3 is 2.74 bits per heavy atom. The Balaban J connectivity index is 1.84. The van der Waals surface area contributed by atoms with Crippen LogP contribution in [0.25, 0.3) is 0 Å². The highest BCUT2D eigenvalue weighted by Gasteiger charge is 2.07. The minimum atomic E-state index is -0.382. The lowest BCUT2D eigenvalue weighted by Gasteiger charge is -2.09. The van der Waals surface area contributed by atoms with Gasteiger partial charge in [-0.1, -0.05) is 23.7 Å². The first kappa shape index (κ1) is 15.2. The van der Waals surface area contributed by atoms with Gasteiger partial charge in [0.1, 0.15) is 17.3 Å². The van der Waals surface area contributed by atoms with Crippen molar-refractivity contribution in [1.82, 2.24) is 10.2 Å². The molecule has 0 amide bonds. The number of aromatic amines is 1. The van der Waals surface area contributed by atoms with Crippen molar-refractivity contribution in [2.45, 2.75) is 6.42 Å². The summed E-state index contributed by atoms with van der Waals surface area (Å²) >= 11 is 6.13. The van der Waals surface area contributed by atoms with Gasteiger partial charge in [-0.15, -0.1) is 0 Å². The molecule has 0 saturated heterocycles. The molecule has 0 unspecified atom stereocenters. The van der Waals surface area contributed by atoms with Gasteiger partial charge in [0, 0.05) is 18.6 Å². The van der Waals surface area contributed by atoms with Gasteiger partial charge in [0.2, 0.25) is 0 Å². The summed E-state index contributed by atoms with van der Waals surface area (Å²) in [4.78, 5) is 11.0. The van der Waals surface area contributed by atoms with Gasteiger partial charge < -0.3 is 4.74 Å². The average molecular weight is 331 g/mol. The Morgan fingerprint density at radius 1 is 1.13 bits per heavy atom. The Kier molecular flexibility index (Phi) is 4.39. The first-order chi connectivity index (χ1) is 11.1. The molecule has 23 heavy (non-hydrogen) atoms. The standard InChI is InChI=1S/C17H12ClFN2O2/c18-15-6-4-11(8-13-5-7-17(22)21-20-13)9-16(15)23-14-3-1-2-12(19)10-14/h1-7,9-10H,8H2,(H,21,22). The zero-order valence-electron chi connectivity index (χ0n) is 11.9. The van der Waals surface area contributed by atoms with Crippen LogP contribution in [0.3, 0.4) is 0 Å². The third-order valence-electron chi connectivity index (χ3n) is 3.14. The third-order valence-corrected chi connectivity index (χ3v) is 3.45. The van der Waals surface area contributed by atoms with Crippen LogP contribution >= 0.6 is 11.6 Å². The van der Waals surface area contributed by atoms with Crippen LogP contribution in [0.15, 0.2) is 59.4 Å². The summed E-state index contributed by atoms with van der Waals surface area (Å²) in [5.41, 5.74) is 1.36. The predicted octanol–water partition coefficient (Wildman–Crippen LogP) is 3.95. The van der Waals surface area contributed by atoms with Crippen molar-refractivity contribution in [3.05, 3.63) is 87.0 Å². The zero-order valence-corrected chi connectivity index (χ0v) is 12.7. The average Bonchev–Trinajstić information content (AvgIpc) is 2.53. The summed E-state index contributed by atoms with van der Waals surface area (Å²) in [7, 11) is 0. The number of rotatable bonds is 4. The lowest BCUT2D eigenvalue weighted by Crippen LogP contribution is -2.07. The number of aromatic nitrogens is 2. The molecule has 0 saturated carbocycles. The summed E-state index contributed by atoms with van der Waals surface area (Å²) in [6, 6.07) is 14.2. The summed E-state index contributed by atoms with van der Waals surface area (Å²) < 4.78 is 18.9. The van der Waals surface area contributed by atoms with Crippen LogP contribution in [0.2, 0.25) is 5.02 Å². The van der Waals surface area contributed by atoms with E-state index in [2.05, 4.69) is 10.2 Å². The van der Waals surface area contributed by atoms with Crippen LogP contribution in [-0.4, -0.2) is 10.2 Å². The van der Waals surface area contributed by atoms with E-state index in [0.717, 1.165) is 5.56 Å². The minimum absolute atomic E-state index is 0.250. The smallest absolute Gasteiger partial charge is 0.264 e. The molecule has 2 aromatic carbocycles. The van der Waals surface area contributed by atoms with Crippen molar-refractivity contribution >= 4 is 11.6 Å². The highest BCUT2D eigenvalue weighted by molar-refractivity contribution is 6.32. The highest BCUT2D eigenvalue weighted by Crippen LogP contribution is 2.31. The Bertz CT molecular complexity index is 875. The fourth-order valence-electron chi connectivity index (χ4n) is 2.07. The van der Waals surface area contributed by atoms with Crippen LogP contribution in [0.5, 0.6) is 11.5 Å². The second-order valence-electron chi connectivity index (χ2n) is 4.91. The molecule has 0 atom stereocenters. The van der Waals surface area contributed by atoms with E-state index in [9.17, 15) is 9.18 Å². The topological polar surface area (TPSA) is 55.0 Å². The summed E-state index contributed by atoms with van der Waals surface area (Å²) in [6.45, 7) is 0. The van der Waals surface area contributed by atoms with Gasteiger partial charge in [0.15, 0.2) is 0 Å². The molecular weight excluding hydrogens is 319 g/mol. The van der Waals surface area contributed by atoms with E-state index >= 15 is 0 Å². The Hall–Kier alpha value is -2.66. The molecule has 0 aliphatic carbocycles. The maximum Gasteiger partial charge on any atom is 0.264 e. The molecule has 1 heterocycles. The number of hydrogen-bond acceptors (Lipinski definition) is 3. The van der Waals surface area contributed by atoms with E-state index in [-0.39, 0.29) is 11.4 Å². The SMILES string of the molecule is O=c1ccc(Cc2ccc(Cl)c(Oc3cccc(F)c3)c2)n[nH]1. The molecule has 116 valence electrons. The van der Waals surface area contributed by atoms with Gasteiger partial charge in [0.05, 0.1) is 10.7 Å². The molecule has 6 heteroatoms. The number of ether oxygens (including phenoxy) is 1. The number of benzene rings is 2. The molecule has 0 aliphatic heterocycles. The Labute approximate surface area is 136 Å². The number of hydrogen-bond donors (Lipinski definition) is 1. The van der Waals surface area contributed by atoms with Crippen LogP contribution in [0, 0.1) is 5.82 Å². The van der Waals surface area contributed by atoms with Crippen molar-refractivity contribution in [2.75, 3.05) is 0 Å². The number of nitrogens with one attached hydrogen (secondary N) is 1. The van der Waals surface area contributed by atoms with Crippen LogP contribution in [-0.2, 0) is 6.42 Å². The second kappa shape index (κ2) is 6.62. The molecule has 4 nitrogen and oxygen atoms in total. The van der Waals surface area contributed by atoms with Gasteiger partial charge >= 0.3 is 0 Å². The molecule has 0 radical (unpaired) electrons. The molecule has 0 aliphatic rings. The lowest BCUT2D eigenvalue weighted by atomic mass is 10.1. The summed E-state index contributed by atoms with van der Waals surface area (Å²) in [6.07, 6.45) is 0.507. The first-order valence-corrected chi connectivity index (χ1v) is 7.24. The molecule has 1 aromatic heterocycles. The molecule has 1 N–H and O–H groups in total. The second-order valence-corrected chi connectivity index (χ2v) is 5.32. The van der Waals surface area contributed by atoms with E-state index in [0.29, 0.717) is 28.6 Å². The zero-order chi connectivity index (χ0) is 16.2. The van der Waals surface area contributed by atoms with Crippen LogP contribution in [0.1, 0.15) is 11.3 Å². The van der Waals surface area contributed by atoms with E-state index in [4.69, 9.17) is 16.3 Å². The molecule has 0 bridgehead atoms. The highest BCUT2D eigenvalue weighted by atomic mass is 35.5. The van der Waals surface area contributed by atoms with E-state index in [1.54, 1.807) is 30.3 Å². The number of halogens is 2. The van der Waals surface area contributed by atoms with Crippen molar-refractivity contribution in [1.29, 1.82) is 0 Å². The van der Waals surface area contributed by atoms with Gasteiger partial charge in [-0.2, -0.15) is 5.10 Å². The number of H-pyrrole nitrogens is 1. The normalized spacial score (nSPS) is 10.5. The summed E-state index contributed by atoms with van der Waals surface area (Å²) in [5.74, 6) is 0.414. The maximum atomic E-state index is 13.2.